The standard InChI is InChI=1S/C60H116O6/c1-6-8-9-10-11-12-13-25-32-37-42-47-52-60(63)66-57(53-64-58(61)50-45-40-35-30-26-21-16-14-15-19-23-28-33-38-43-48-55(3)4)54-65-59(62)51-46-41-36-31-27-22-18-17-20-24-29-34-39-44-49-56(5)7-2/h55-57H,6-54H2,1-5H3/t56?,57-/m0/s1. The van der Waals surface area contributed by atoms with Gasteiger partial charge in [0.05, 0.1) is 0 Å². The Morgan fingerprint density at radius 3 is 0.864 bits per heavy atom. The Labute approximate surface area is 412 Å². The van der Waals surface area contributed by atoms with E-state index in [1.165, 1.54) is 225 Å². The van der Waals surface area contributed by atoms with Crippen LogP contribution in [0, 0.1) is 11.8 Å². The summed E-state index contributed by atoms with van der Waals surface area (Å²) in [5.74, 6) is 0.908. The van der Waals surface area contributed by atoms with Crippen LogP contribution < -0.4 is 0 Å². The van der Waals surface area contributed by atoms with Crippen LogP contribution in [-0.4, -0.2) is 37.2 Å². The fraction of sp³-hybridized carbons (Fsp3) is 0.950. The number of carbonyl (C=O) groups excluding carboxylic acids is 3. The molecule has 0 aliphatic heterocycles. The molecule has 0 fully saturated rings. The van der Waals surface area contributed by atoms with Crippen molar-refractivity contribution >= 4 is 17.9 Å². The molecule has 0 rings (SSSR count). The minimum Gasteiger partial charge on any atom is -0.462 e. The van der Waals surface area contributed by atoms with E-state index in [1.54, 1.807) is 0 Å². The molecule has 0 heterocycles. The molecule has 0 bridgehead atoms. The van der Waals surface area contributed by atoms with Crippen molar-refractivity contribution in [2.24, 2.45) is 11.8 Å². The molecule has 0 aliphatic carbocycles. The first-order valence-corrected chi connectivity index (χ1v) is 29.8. The Balaban J connectivity index is 4.25. The maximum atomic E-state index is 12.8. The van der Waals surface area contributed by atoms with Gasteiger partial charge in [-0.15, -0.1) is 0 Å². The topological polar surface area (TPSA) is 78.9 Å². The number of ether oxygens (including phenoxy) is 3. The second kappa shape index (κ2) is 52.8. The molecule has 2 atom stereocenters. The molecule has 392 valence electrons. The zero-order valence-electron chi connectivity index (χ0n) is 45.3. The van der Waals surface area contributed by atoms with Crippen LogP contribution in [0.4, 0.5) is 0 Å². The summed E-state index contributed by atoms with van der Waals surface area (Å²) in [6.45, 7) is 11.5. The van der Waals surface area contributed by atoms with E-state index < -0.39 is 6.10 Å². The quantitative estimate of drug-likeness (QED) is 0.0343. The fourth-order valence-corrected chi connectivity index (χ4v) is 9.20. The molecule has 0 aromatic rings. The SMILES string of the molecule is CCCCCCCCCCCCCCC(=O)O[C@@H](COC(=O)CCCCCCCCCCCCCCCCCC(C)C)COC(=O)CCCCCCCCCCCCCCCCC(C)CC. The number of hydrogen-bond donors (Lipinski definition) is 0. The van der Waals surface area contributed by atoms with E-state index in [9.17, 15) is 14.4 Å². The second-order valence-electron chi connectivity index (χ2n) is 21.4. The molecule has 66 heavy (non-hydrogen) atoms. The Morgan fingerprint density at radius 1 is 0.318 bits per heavy atom. The van der Waals surface area contributed by atoms with E-state index in [4.69, 9.17) is 14.2 Å². The summed E-state index contributed by atoms with van der Waals surface area (Å²) < 4.78 is 16.9. The lowest BCUT2D eigenvalue weighted by atomic mass is 9.99. The van der Waals surface area contributed by atoms with Crippen LogP contribution >= 0.6 is 0 Å². The minimum atomic E-state index is -0.762. The van der Waals surface area contributed by atoms with Gasteiger partial charge in [0, 0.05) is 19.3 Å². The third-order valence-electron chi connectivity index (χ3n) is 14.1. The molecule has 0 N–H and O–H groups in total. The molecule has 0 radical (unpaired) electrons. The predicted octanol–water partition coefficient (Wildman–Crippen LogP) is 19.7. The number of rotatable bonds is 54. The Morgan fingerprint density at radius 2 is 0.576 bits per heavy atom. The van der Waals surface area contributed by atoms with Crippen LogP contribution in [0.2, 0.25) is 0 Å². The number of esters is 3. The molecule has 6 heteroatoms. The molecule has 1 unspecified atom stereocenters. The molecule has 0 aromatic heterocycles. The molecule has 6 nitrogen and oxygen atoms in total. The lowest BCUT2D eigenvalue weighted by Gasteiger charge is -2.18. The van der Waals surface area contributed by atoms with Gasteiger partial charge < -0.3 is 14.2 Å². The largest absolute Gasteiger partial charge is 0.462 e. The van der Waals surface area contributed by atoms with Gasteiger partial charge in [0.15, 0.2) is 6.10 Å². The molecule has 0 aromatic carbocycles. The Bertz CT molecular complexity index is 1010. The van der Waals surface area contributed by atoms with Crippen molar-refractivity contribution in [2.75, 3.05) is 13.2 Å². The predicted molar refractivity (Wildman–Crippen MR) is 284 cm³/mol. The van der Waals surface area contributed by atoms with Crippen molar-refractivity contribution in [3.63, 3.8) is 0 Å². The maximum absolute atomic E-state index is 12.8. The Kier molecular flexibility index (Phi) is 51.5. The molecular weight excluding hydrogens is 817 g/mol. The van der Waals surface area contributed by atoms with Crippen LogP contribution in [0.1, 0.15) is 336 Å². The number of carbonyl (C=O) groups is 3. The molecule has 0 amide bonds. The summed E-state index contributed by atoms with van der Waals surface area (Å²) in [5, 5.41) is 0. The van der Waals surface area contributed by atoms with Crippen molar-refractivity contribution < 1.29 is 28.6 Å². The summed E-state index contributed by atoms with van der Waals surface area (Å²) in [4.78, 5) is 38.2. The normalized spacial score (nSPS) is 12.5. The van der Waals surface area contributed by atoms with Crippen LogP contribution in [0.25, 0.3) is 0 Å². The van der Waals surface area contributed by atoms with E-state index in [0.717, 1.165) is 69.6 Å². The fourth-order valence-electron chi connectivity index (χ4n) is 9.20. The van der Waals surface area contributed by atoms with Gasteiger partial charge in [0.2, 0.25) is 0 Å². The smallest absolute Gasteiger partial charge is 0.306 e. The summed E-state index contributed by atoms with van der Waals surface area (Å²) in [6, 6.07) is 0. The lowest BCUT2D eigenvalue weighted by Crippen LogP contribution is -2.30. The molecule has 0 saturated carbocycles. The average Bonchev–Trinajstić information content (AvgIpc) is 3.30. The first kappa shape index (κ1) is 64.4. The second-order valence-corrected chi connectivity index (χ2v) is 21.4. The summed E-state index contributed by atoms with van der Waals surface area (Å²) in [6.07, 6.45) is 56.6. The highest BCUT2D eigenvalue weighted by atomic mass is 16.6. The number of hydrogen-bond acceptors (Lipinski definition) is 6. The van der Waals surface area contributed by atoms with E-state index >= 15 is 0 Å². The highest BCUT2D eigenvalue weighted by Crippen LogP contribution is 2.19. The third-order valence-corrected chi connectivity index (χ3v) is 14.1. The van der Waals surface area contributed by atoms with E-state index in [1.807, 2.05) is 0 Å². The Hall–Kier alpha value is -1.59. The van der Waals surface area contributed by atoms with Crippen molar-refractivity contribution in [1.82, 2.24) is 0 Å². The highest BCUT2D eigenvalue weighted by Gasteiger charge is 2.19. The van der Waals surface area contributed by atoms with Gasteiger partial charge in [-0.2, -0.15) is 0 Å². The van der Waals surface area contributed by atoms with Crippen molar-refractivity contribution in [2.45, 2.75) is 343 Å². The van der Waals surface area contributed by atoms with Crippen LogP contribution in [0.5, 0.6) is 0 Å². The first-order valence-electron chi connectivity index (χ1n) is 29.8. The van der Waals surface area contributed by atoms with Gasteiger partial charge in [0.1, 0.15) is 13.2 Å². The molecular formula is C60H116O6. The van der Waals surface area contributed by atoms with Gasteiger partial charge in [-0.25, -0.2) is 0 Å². The number of unbranched alkanes of at least 4 members (excludes halogenated alkanes) is 38. The molecule has 0 spiro atoms. The van der Waals surface area contributed by atoms with Crippen LogP contribution in [0.3, 0.4) is 0 Å². The van der Waals surface area contributed by atoms with Crippen molar-refractivity contribution in [1.29, 1.82) is 0 Å². The van der Waals surface area contributed by atoms with Gasteiger partial charge >= 0.3 is 17.9 Å². The van der Waals surface area contributed by atoms with Crippen molar-refractivity contribution in [3.8, 4) is 0 Å². The lowest BCUT2D eigenvalue weighted by molar-refractivity contribution is -0.167. The van der Waals surface area contributed by atoms with Gasteiger partial charge in [-0.3, -0.25) is 14.4 Å². The van der Waals surface area contributed by atoms with Crippen molar-refractivity contribution in [3.05, 3.63) is 0 Å². The zero-order chi connectivity index (χ0) is 48.2. The van der Waals surface area contributed by atoms with Crippen LogP contribution in [-0.2, 0) is 28.6 Å². The first-order chi connectivity index (χ1) is 32.3. The zero-order valence-corrected chi connectivity index (χ0v) is 45.3. The summed E-state index contributed by atoms with van der Waals surface area (Å²) in [7, 11) is 0. The van der Waals surface area contributed by atoms with E-state index in [-0.39, 0.29) is 31.1 Å². The summed E-state index contributed by atoms with van der Waals surface area (Å²) >= 11 is 0. The monoisotopic (exact) mass is 933 g/mol. The average molecular weight is 934 g/mol. The van der Waals surface area contributed by atoms with Gasteiger partial charge in [-0.05, 0) is 31.1 Å². The molecule has 0 saturated heterocycles. The van der Waals surface area contributed by atoms with Gasteiger partial charge in [0.25, 0.3) is 0 Å². The molecule has 0 aliphatic rings. The highest BCUT2D eigenvalue weighted by molar-refractivity contribution is 5.71. The minimum absolute atomic E-state index is 0.0624. The van der Waals surface area contributed by atoms with E-state index in [0.29, 0.717) is 19.3 Å². The maximum Gasteiger partial charge on any atom is 0.306 e. The van der Waals surface area contributed by atoms with Gasteiger partial charge in [-0.1, -0.05) is 298 Å². The van der Waals surface area contributed by atoms with Crippen LogP contribution in [0.15, 0.2) is 0 Å². The summed E-state index contributed by atoms with van der Waals surface area (Å²) in [5.41, 5.74) is 0. The van der Waals surface area contributed by atoms with E-state index in [2.05, 4.69) is 34.6 Å². The third kappa shape index (κ3) is 51.8.